The fourth-order valence-electron chi connectivity index (χ4n) is 4.54. The van der Waals surface area contributed by atoms with Gasteiger partial charge >= 0.3 is 0 Å². The Kier molecular flexibility index (Phi) is 8.21. The van der Waals surface area contributed by atoms with E-state index in [1.807, 2.05) is 19.1 Å². The van der Waals surface area contributed by atoms with Crippen LogP contribution in [0.4, 0.5) is 11.4 Å². The molecule has 1 heterocycles. The molecule has 0 saturated carbocycles. The van der Waals surface area contributed by atoms with E-state index in [1.54, 1.807) is 42.5 Å². The minimum atomic E-state index is -3.96. The quantitative estimate of drug-likeness (QED) is 0.412. The van der Waals surface area contributed by atoms with Gasteiger partial charge in [-0.3, -0.25) is 9.10 Å². The first-order valence-electron chi connectivity index (χ1n) is 12.2. The molecule has 1 amide bonds. The van der Waals surface area contributed by atoms with E-state index in [-0.39, 0.29) is 17.5 Å². The number of rotatable bonds is 8. The van der Waals surface area contributed by atoms with Gasteiger partial charge in [-0.15, -0.1) is 0 Å². The molecule has 0 aliphatic carbocycles. The summed E-state index contributed by atoms with van der Waals surface area (Å²) in [5, 5.41) is 3.44. The first-order valence-corrected chi connectivity index (χ1v) is 14.0. The molecule has 1 N–H and O–H groups in total. The molecule has 0 aromatic heterocycles. The van der Waals surface area contributed by atoms with Gasteiger partial charge in [0.1, 0.15) is 6.54 Å². The Hall–Kier alpha value is -3.03. The second-order valence-electron chi connectivity index (χ2n) is 9.38. The second-order valence-corrected chi connectivity index (χ2v) is 11.7. The van der Waals surface area contributed by atoms with E-state index in [2.05, 4.69) is 29.3 Å². The molecule has 190 valence electrons. The highest BCUT2D eigenvalue weighted by atomic mass is 35.5. The highest BCUT2D eigenvalue weighted by Gasteiger charge is 2.27. The Labute approximate surface area is 218 Å². The predicted octanol–water partition coefficient (Wildman–Crippen LogP) is 5.65. The van der Waals surface area contributed by atoms with Gasteiger partial charge in [0.15, 0.2) is 0 Å². The number of nitrogens with one attached hydrogen (secondary N) is 1. The number of sulfonamides is 1. The van der Waals surface area contributed by atoms with Crippen LogP contribution in [-0.2, 0) is 14.8 Å². The number of carbonyl (C=O) groups excluding carboxylic acids is 1. The van der Waals surface area contributed by atoms with E-state index >= 15 is 0 Å². The Morgan fingerprint density at radius 1 is 1.06 bits per heavy atom. The molecule has 2 unspecified atom stereocenters. The molecule has 1 saturated heterocycles. The van der Waals surface area contributed by atoms with E-state index in [4.69, 9.17) is 11.6 Å². The molecule has 8 heteroatoms. The van der Waals surface area contributed by atoms with Crippen molar-refractivity contribution in [3.8, 4) is 0 Å². The molecule has 3 aromatic rings. The van der Waals surface area contributed by atoms with Crippen molar-refractivity contribution < 1.29 is 13.2 Å². The van der Waals surface area contributed by atoms with Gasteiger partial charge in [-0.2, -0.15) is 0 Å². The fourth-order valence-corrected chi connectivity index (χ4v) is 6.11. The molecule has 1 aliphatic rings. The molecule has 1 fully saturated rings. The lowest BCUT2D eigenvalue weighted by Crippen LogP contribution is -2.41. The van der Waals surface area contributed by atoms with Crippen LogP contribution in [0.3, 0.4) is 0 Å². The van der Waals surface area contributed by atoms with Crippen molar-refractivity contribution in [1.82, 2.24) is 5.32 Å². The van der Waals surface area contributed by atoms with E-state index in [0.29, 0.717) is 16.6 Å². The van der Waals surface area contributed by atoms with E-state index < -0.39 is 15.9 Å². The molecular weight excluding hydrogens is 494 g/mol. The molecule has 1 aliphatic heterocycles. The number of hydrogen-bond acceptors (Lipinski definition) is 4. The average molecular weight is 526 g/mol. The van der Waals surface area contributed by atoms with Gasteiger partial charge in [-0.05, 0) is 79.8 Å². The van der Waals surface area contributed by atoms with Crippen LogP contribution in [0.1, 0.15) is 38.3 Å². The summed E-state index contributed by atoms with van der Waals surface area (Å²) < 4.78 is 28.0. The number of amides is 1. The number of hydrogen-bond donors (Lipinski definition) is 1. The van der Waals surface area contributed by atoms with E-state index in [9.17, 15) is 13.2 Å². The number of carbonyl (C=O) groups is 1. The van der Waals surface area contributed by atoms with Gasteiger partial charge in [0.2, 0.25) is 5.91 Å². The summed E-state index contributed by atoms with van der Waals surface area (Å²) >= 11 is 6.01. The zero-order valence-electron chi connectivity index (χ0n) is 20.6. The monoisotopic (exact) mass is 525 g/mol. The van der Waals surface area contributed by atoms with Crippen molar-refractivity contribution in [1.29, 1.82) is 0 Å². The number of benzene rings is 3. The molecular formula is C28H32ClN3O3S. The predicted molar refractivity (Wildman–Crippen MR) is 146 cm³/mol. The summed E-state index contributed by atoms with van der Waals surface area (Å²) in [4.78, 5) is 15.6. The van der Waals surface area contributed by atoms with Crippen LogP contribution < -0.4 is 14.5 Å². The van der Waals surface area contributed by atoms with Gasteiger partial charge in [-0.1, -0.05) is 48.9 Å². The van der Waals surface area contributed by atoms with Gasteiger partial charge < -0.3 is 10.2 Å². The van der Waals surface area contributed by atoms with Crippen LogP contribution in [0.15, 0.2) is 83.8 Å². The summed E-state index contributed by atoms with van der Waals surface area (Å²) in [6.45, 7) is 5.94. The second kappa shape index (κ2) is 11.4. The lowest BCUT2D eigenvalue weighted by atomic mass is 9.99. The van der Waals surface area contributed by atoms with Crippen LogP contribution >= 0.6 is 11.6 Å². The highest BCUT2D eigenvalue weighted by molar-refractivity contribution is 7.92. The standard InChI is InChI=1S/C28H32ClN3O3S/c1-21-7-6-18-31(19-21)25-14-10-23(11-15-25)22(2)30-28(33)20-32(26-16-12-24(29)13-17-26)36(34,35)27-8-4-3-5-9-27/h3-5,8-17,21-22H,6-7,18-20H2,1-2H3,(H,30,33). The van der Waals surface area contributed by atoms with Crippen LogP contribution in [0.2, 0.25) is 5.02 Å². The van der Waals surface area contributed by atoms with Crippen molar-refractivity contribution in [2.45, 2.75) is 37.6 Å². The number of piperidine rings is 1. The summed E-state index contributed by atoms with van der Waals surface area (Å²) in [5.41, 5.74) is 2.51. The van der Waals surface area contributed by atoms with Gasteiger partial charge in [0.05, 0.1) is 16.6 Å². The zero-order valence-corrected chi connectivity index (χ0v) is 22.2. The Bertz CT molecular complexity index is 1270. The maximum Gasteiger partial charge on any atom is 0.264 e. The smallest absolute Gasteiger partial charge is 0.264 e. The van der Waals surface area contributed by atoms with Crippen LogP contribution in [0.5, 0.6) is 0 Å². The topological polar surface area (TPSA) is 69.7 Å². The zero-order chi connectivity index (χ0) is 25.7. The normalized spacial score (nSPS) is 16.9. The van der Waals surface area contributed by atoms with Crippen LogP contribution in [0.25, 0.3) is 0 Å². The van der Waals surface area contributed by atoms with Crippen molar-refractivity contribution in [2.75, 3.05) is 28.8 Å². The molecule has 3 aromatic carbocycles. The van der Waals surface area contributed by atoms with Gasteiger partial charge in [0.25, 0.3) is 10.0 Å². The van der Waals surface area contributed by atoms with Crippen molar-refractivity contribution in [2.24, 2.45) is 5.92 Å². The van der Waals surface area contributed by atoms with Crippen LogP contribution in [0, 0.1) is 5.92 Å². The minimum absolute atomic E-state index is 0.114. The third kappa shape index (κ3) is 6.20. The number of anilines is 2. The summed E-state index contributed by atoms with van der Waals surface area (Å²) in [6, 6.07) is 22.5. The largest absolute Gasteiger partial charge is 0.371 e. The third-order valence-corrected chi connectivity index (χ3v) is 8.57. The number of halogens is 1. The third-order valence-electron chi connectivity index (χ3n) is 6.53. The summed E-state index contributed by atoms with van der Waals surface area (Å²) in [7, 11) is -3.96. The Balaban J connectivity index is 1.48. The molecule has 2 atom stereocenters. The lowest BCUT2D eigenvalue weighted by molar-refractivity contribution is -0.120. The maximum atomic E-state index is 13.4. The molecule has 36 heavy (non-hydrogen) atoms. The molecule has 0 spiro atoms. The van der Waals surface area contributed by atoms with E-state index in [0.717, 1.165) is 23.0 Å². The molecule has 4 rings (SSSR count). The average Bonchev–Trinajstić information content (AvgIpc) is 2.88. The Morgan fingerprint density at radius 3 is 2.36 bits per heavy atom. The number of nitrogens with zero attached hydrogens (tertiary/aromatic N) is 2. The van der Waals surface area contributed by atoms with Gasteiger partial charge in [0, 0.05) is 23.8 Å². The van der Waals surface area contributed by atoms with E-state index in [1.165, 1.54) is 30.7 Å². The minimum Gasteiger partial charge on any atom is -0.371 e. The Morgan fingerprint density at radius 2 is 1.72 bits per heavy atom. The lowest BCUT2D eigenvalue weighted by Gasteiger charge is -2.33. The van der Waals surface area contributed by atoms with Crippen molar-refractivity contribution in [3.05, 3.63) is 89.4 Å². The molecule has 0 radical (unpaired) electrons. The maximum absolute atomic E-state index is 13.4. The highest BCUT2D eigenvalue weighted by Crippen LogP contribution is 2.26. The van der Waals surface area contributed by atoms with Crippen molar-refractivity contribution in [3.63, 3.8) is 0 Å². The first kappa shape index (κ1) is 26.0. The SMILES string of the molecule is CC1CCCN(c2ccc(C(C)NC(=O)CN(c3ccc(Cl)cc3)S(=O)(=O)c3ccccc3)cc2)C1. The van der Waals surface area contributed by atoms with Crippen LogP contribution in [-0.4, -0.2) is 34.0 Å². The van der Waals surface area contributed by atoms with Crippen molar-refractivity contribution >= 4 is 38.9 Å². The fraction of sp³-hybridized carbons (Fsp3) is 0.321. The summed E-state index contributed by atoms with van der Waals surface area (Å²) in [6.07, 6.45) is 2.47. The first-order chi connectivity index (χ1) is 17.2. The molecule has 0 bridgehead atoms. The molecule has 6 nitrogen and oxygen atoms in total. The van der Waals surface area contributed by atoms with Gasteiger partial charge in [-0.25, -0.2) is 8.42 Å². The summed E-state index contributed by atoms with van der Waals surface area (Å²) in [5.74, 6) is 0.290.